The lowest BCUT2D eigenvalue weighted by Gasteiger charge is -2.27. The van der Waals surface area contributed by atoms with Gasteiger partial charge < -0.3 is 16.0 Å². The molecule has 3 N–H and O–H groups in total. The van der Waals surface area contributed by atoms with E-state index in [4.69, 9.17) is 70.2 Å². The number of halogens is 5. The Morgan fingerprint density at radius 3 is 2.41 bits per heavy atom. The van der Waals surface area contributed by atoms with Gasteiger partial charge in [0.25, 0.3) is 0 Å². The van der Waals surface area contributed by atoms with E-state index >= 15 is 0 Å². The first-order valence-corrected chi connectivity index (χ1v) is 7.95. The van der Waals surface area contributed by atoms with Crippen molar-refractivity contribution < 1.29 is 4.79 Å². The van der Waals surface area contributed by atoms with Crippen LogP contribution in [0.1, 0.15) is 0 Å². The first kappa shape index (κ1) is 19.6. The number of anilines is 1. The number of hydrogen-bond acceptors (Lipinski definition) is 2. The Labute approximate surface area is 158 Å². The number of nitrogens with one attached hydrogen (secondary N) is 3. The Balaban J connectivity index is 2.78. The van der Waals surface area contributed by atoms with Gasteiger partial charge in [-0.3, -0.25) is 4.79 Å². The van der Waals surface area contributed by atoms with Crippen LogP contribution >= 0.6 is 70.2 Å². The highest BCUT2D eigenvalue weighted by Crippen LogP contribution is 2.29. The number of hydrogen-bond donors (Lipinski definition) is 3. The molecule has 0 unspecified atom stereocenters. The molecule has 0 aliphatic rings. The Hall–Kier alpha value is -0.430. The van der Waals surface area contributed by atoms with Gasteiger partial charge in [0.15, 0.2) is 5.11 Å². The molecule has 1 aromatic carbocycles. The molecule has 0 saturated carbocycles. The Kier molecular flexibility index (Phi) is 7.52. The Morgan fingerprint density at radius 2 is 1.91 bits per heavy atom. The zero-order valence-electron chi connectivity index (χ0n) is 10.8. The van der Waals surface area contributed by atoms with Crippen molar-refractivity contribution in [3.8, 4) is 0 Å². The number of carbonyl (C=O) groups is 1. The monoisotopic (exact) mass is 419 g/mol. The predicted molar refractivity (Wildman–Crippen MR) is 98.2 cm³/mol. The van der Waals surface area contributed by atoms with Crippen molar-refractivity contribution in [3.63, 3.8) is 0 Å². The zero-order valence-corrected chi connectivity index (χ0v) is 15.4. The normalized spacial score (nSPS) is 12.2. The molecule has 4 nitrogen and oxygen atoms in total. The molecule has 10 heteroatoms. The molecule has 0 radical (unpaired) electrons. The summed E-state index contributed by atoms with van der Waals surface area (Å²) in [6.07, 6.45) is -0.0356. The molecule has 0 aliphatic carbocycles. The summed E-state index contributed by atoms with van der Waals surface area (Å²) in [5.41, 5.74) is 0.502. The molecule has 1 amide bonds. The van der Waals surface area contributed by atoms with Gasteiger partial charge in [-0.2, -0.15) is 0 Å². The van der Waals surface area contributed by atoms with Gasteiger partial charge in [0.05, 0.1) is 10.7 Å². The summed E-state index contributed by atoms with van der Waals surface area (Å²) in [7, 11) is 0. The second-order valence-corrected chi connectivity index (χ2v) is 7.53. The number of carbonyl (C=O) groups excluding carboxylic acids is 1. The highest BCUT2D eigenvalue weighted by Gasteiger charge is 2.34. The lowest BCUT2D eigenvalue weighted by atomic mass is 10.3. The van der Waals surface area contributed by atoms with Crippen LogP contribution in [-0.2, 0) is 4.79 Å². The number of thiocarbonyl (C=S) groups is 1. The van der Waals surface area contributed by atoms with Crippen molar-refractivity contribution in [2.45, 2.75) is 9.96 Å². The van der Waals surface area contributed by atoms with E-state index in [-0.39, 0.29) is 5.11 Å². The standard InChI is InChI=1S/C12H10Cl5N3OS/c1-2-9(21)19-10(12(15,16)17)20-11(22)18-8-4-3-6(13)5-7(8)14/h2-5,10H,1H2,(H,19,21)(H2,18,20,22)/t10-/m0/s1. The van der Waals surface area contributed by atoms with Gasteiger partial charge in [-0.05, 0) is 36.5 Å². The van der Waals surface area contributed by atoms with E-state index in [9.17, 15) is 4.79 Å². The fourth-order valence-electron chi connectivity index (χ4n) is 1.28. The van der Waals surface area contributed by atoms with Crippen molar-refractivity contribution in [2.75, 3.05) is 5.32 Å². The SMILES string of the molecule is C=CC(=O)N[C@@H](NC(=S)Nc1ccc(Cl)cc1Cl)C(Cl)(Cl)Cl. The molecule has 22 heavy (non-hydrogen) atoms. The molecule has 0 fully saturated rings. The van der Waals surface area contributed by atoms with E-state index < -0.39 is 15.9 Å². The highest BCUT2D eigenvalue weighted by molar-refractivity contribution is 7.80. The average molecular weight is 422 g/mol. The maximum atomic E-state index is 11.4. The van der Waals surface area contributed by atoms with E-state index in [1.807, 2.05) is 0 Å². The number of amides is 1. The summed E-state index contributed by atoms with van der Waals surface area (Å²) in [5, 5.41) is 8.80. The topological polar surface area (TPSA) is 53.2 Å². The van der Waals surface area contributed by atoms with Crippen molar-refractivity contribution in [1.82, 2.24) is 10.6 Å². The Morgan fingerprint density at radius 1 is 1.27 bits per heavy atom. The van der Waals surface area contributed by atoms with Gasteiger partial charge in [0, 0.05) is 5.02 Å². The summed E-state index contributed by atoms with van der Waals surface area (Å²) in [6.45, 7) is 3.31. The average Bonchev–Trinajstić information content (AvgIpc) is 2.40. The minimum Gasteiger partial charge on any atom is -0.339 e. The molecule has 0 heterocycles. The maximum Gasteiger partial charge on any atom is 0.245 e. The number of benzene rings is 1. The van der Waals surface area contributed by atoms with Gasteiger partial charge in [-0.25, -0.2) is 0 Å². The van der Waals surface area contributed by atoms with Crippen LogP contribution in [0.15, 0.2) is 30.9 Å². The third kappa shape index (κ3) is 6.36. The van der Waals surface area contributed by atoms with E-state index in [1.54, 1.807) is 18.2 Å². The van der Waals surface area contributed by atoms with Gasteiger partial charge >= 0.3 is 0 Å². The molecular weight excluding hydrogens is 411 g/mol. The quantitative estimate of drug-likeness (QED) is 0.294. The van der Waals surface area contributed by atoms with Crippen LogP contribution in [0.25, 0.3) is 0 Å². The Bertz CT molecular complexity index is 591. The molecule has 0 aromatic heterocycles. The third-order valence-corrected chi connectivity index (χ3v) is 3.68. The molecule has 1 atom stereocenters. The van der Waals surface area contributed by atoms with Crippen LogP contribution in [0.2, 0.25) is 10.0 Å². The van der Waals surface area contributed by atoms with Crippen LogP contribution in [0, 0.1) is 0 Å². The van der Waals surface area contributed by atoms with Crippen LogP contribution in [0.4, 0.5) is 5.69 Å². The molecule has 0 aliphatic heterocycles. The van der Waals surface area contributed by atoms with Crippen molar-refractivity contribution >= 4 is 86.9 Å². The summed E-state index contributed by atoms with van der Waals surface area (Å²) in [6, 6.07) is 4.80. The van der Waals surface area contributed by atoms with E-state index in [1.165, 1.54) is 0 Å². The lowest BCUT2D eigenvalue weighted by Crippen LogP contribution is -2.55. The predicted octanol–water partition coefficient (Wildman–Crippen LogP) is 4.28. The fourth-order valence-corrected chi connectivity index (χ4v) is 2.29. The molecular formula is C12H10Cl5N3OS. The van der Waals surface area contributed by atoms with Crippen molar-refractivity contribution in [1.29, 1.82) is 0 Å². The first-order chi connectivity index (χ1) is 10.1. The van der Waals surface area contributed by atoms with Crippen molar-refractivity contribution in [2.24, 2.45) is 0 Å². The third-order valence-electron chi connectivity index (χ3n) is 2.25. The summed E-state index contributed by atoms with van der Waals surface area (Å²) >= 11 is 34.3. The van der Waals surface area contributed by atoms with Crippen LogP contribution < -0.4 is 16.0 Å². The smallest absolute Gasteiger partial charge is 0.245 e. The van der Waals surface area contributed by atoms with E-state index in [0.717, 1.165) is 6.08 Å². The van der Waals surface area contributed by atoms with Crippen LogP contribution in [0.3, 0.4) is 0 Å². The molecule has 0 bridgehead atoms. The zero-order chi connectivity index (χ0) is 16.9. The summed E-state index contributed by atoms with van der Waals surface area (Å²) < 4.78 is -1.84. The second kappa shape index (κ2) is 8.43. The second-order valence-electron chi connectivity index (χ2n) is 3.91. The molecule has 1 rings (SSSR count). The molecule has 0 spiro atoms. The van der Waals surface area contributed by atoms with Crippen molar-refractivity contribution in [3.05, 3.63) is 40.9 Å². The van der Waals surface area contributed by atoms with Gasteiger partial charge in [0.2, 0.25) is 9.70 Å². The summed E-state index contributed by atoms with van der Waals surface area (Å²) in [5.74, 6) is -0.531. The van der Waals surface area contributed by atoms with Crippen LogP contribution in [-0.4, -0.2) is 21.0 Å². The van der Waals surface area contributed by atoms with Gasteiger partial charge in [-0.1, -0.05) is 64.6 Å². The number of rotatable bonds is 4. The van der Waals surface area contributed by atoms with E-state index in [0.29, 0.717) is 15.7 Å². The summed E-state index contributed by atoms with van der Waals surface area (Å²) in [4.78, 5) is 11.4. The highest BCUT2D eigenvalue weighted by atomic mass is 35.6. The minimum atomic E-state index is -1.84. The minimum absolute atomic E-state index is 0.0879. The molecule has 0 saturated heterocycles. The van der Waals surface area contributed by atoms with Crippen LogP contribution in [0.5, 0.6) is 0 Å². The fraction of sp³-hybridized carbons (Fsp3) is 0.167. The maximum absolute atomic E-state index is 11.4. The first-order valence-electron chi connectivity index (χ1n) is 5.65. The largest absolute Gasteiger partial charge is 0.339 e. The molecule has 120 valence electrons. The lowest BCUT2D eigenvalue weighted by molar-refractivity contribution is -0.117. The van der Waals surface area contributed by atoms with Gasteiger partial charge in [-0.15, -0.1) is 0 Å². The molecule has 1 aromatic rings. The number of alkyl halides is 3. The van der Waals surface area contributed by atoms with Gasteiger partial charge in [0.1, 0.15) is 6.17 Å². The van der Waals surface area contributed by atoms with E-state index in [2.05, 4.69) is 22.5 Å².